The van der Waals surface area contributed by atoms with E-state index in [1.165, 1.54) is 6.20 Å². The van der Waals surface area contributed by atoms with Crippen LogP contribution in [0.2, 0.25) is 0 Å². The molecule has 0 aliphatic heterocycles. The van der Waals surface area contributed by atoms with E-state index in [0.29, 0.717) is 5.56 Å². The third-order valence-electron chi connectivity index (χ3n) is 0.946. The van der Waals surface area contributed by atoms with Gasteiger partial charge in [-0.2, -0.15) is 0 Å². The highest BCUT2D eigenvalue weighted by atomic mass is 16.1. The van der Waals surface area contributed by atoms with Crippen molar-refractivity contribution < 1.29 is 4.79 Å². The molecule has 9 heavy (non-hydrogen) atoms. The van der Waals surface area contributed by atoms with Gasteiger partial charge in [-0.25, -0.2) is 0 Å². The molecule has 3 heteroatoms. The Hall–Kier alpha value is -1.38. The molecule has 0 aliphatic carbocycles. The molecule has 0 fully saturated rings. The summed E-state index contributed by atoms with van der Waals surface area (Å²) >= 11 is 0. The van der Waals surface area contributed by atoms with Gasteiger partial charge in [0.1, 0.15) is 0 Å². The average Bonchev–Trinajstić information content (AvgIpc) is 1.90. The highest BCUT2D eigenvalue weighted by Gasteiger charge is 1.94. The largest absolute Gasteiger partial charge is 0.366 e. The van der Waals surface area contributed by atoms with Crippen molar-refractivity contribution in [1.82, 2.24) is 4.98 Å². The second-order valence-corrected chi connectivity index (χ2v) is 1.61. The maximum atomic E-state index is 10.4. The number of hydrogen-bond acceptors (Lipinski definition) is 2. The van der Waals surface area contributed by atoms with E-state index in [9.17, 15) is 4.79 Å². The number of nitrogens with two attached hydrogens (primary N) is 1. The SMILES string of the molecule is NC(=O)c1ccc[15n]c1. The molecular formula is C6H6N2O. The molecule has 0 aromatic carbocycles. The summed E-state index contributed by atoms with van der Waals surface area (Å²) in [5.41, 5.74) is 5.38. The molecule has 46 valence electrons. The molecule has 0 spiro atoms. The average molecular weight is 123 g/mol. The highest BCUT2D eigenvalue weighted by Crippen LogP contribution is 1.91. The van der Waals surface area contributed by atoms with Gasteiger partial charge in [0.05, 0.1) is 5.56 Å². The lowest BCUT2D eigenvalue weighted by Crippen LogP contribution is -2.10. The minimum Gasteiger partial charge on any atom is -0.366 e. The lowest BCUT2D eigenvalue weighted by molar-refractivity contribution is 0.1000. The van der Waals surface area contributed by atoms with Crippen molar-refractivity contribution in [3.63, 3.8) is 0 Å². The molecule has 0 saturated heterocycles. The number of nitrogens with zero attached hydrogens (tertiary/aromatic N) is 1. The standard InChI is InChI=1S/C6H6N2O/c7-6(9)5-2-1-3-8-4-5/h1-4H,(H2,7,9)/i8+1. The fourth-order valence-corrected chi connectivity index (χ4v) is 0.509. The lowest BCUT2D eigenvalue weighted by atomic mass is 10.3. The van der Waals surface area contributed by atoms with E-state index in [-0.39, 0.29) is 0 Å². The molecule has 1 amide bonds. The van der Waals surface area contributed by atoms with Gasteiger partial charge in [0, 0.05) is 12.4 Å². The number of carbonyl (C=O) groups is 1. The molecule has 2 N–H and O–H groups in total. The van der Waals surface area contributed by atoms with Crippen molar-refractivity contribution in [3.8, 4) is 0 Å². The maximum Gasteiger partial charge on any atom is 0.250 e. The van der Waals surface area contributed by atoms with Crippen molar-refractivity contribution in [2.75, 3.05) is 0 Å². The zero-order valence-corrected chi connectivity index (χ0v) is 4.74. The van der Waals surface area contributed by atoms with Crippen LogP contribution < -0.4 is 5.73 Å². The lowest BCUT2D eigenvalue weighted by Gasteiger charge is -1.88. The predicted octanol–water partition coefficient (Wildman–Crippen LogP) is 0.181. The van der Waals surface area contributed by atoms with Gasteiger partial charge in [0.15, 0.2) is 0 Å². The quantitative estimate of drug-likeness (QED) is 0.579. The van der Waals surface area contributed by atoms with Gasteiger partial charge in [0.2, 0.25) is 5.91 Å². The van der Waals surface area contributed by atoms with E-state index in [1.807, 2.05) is 0 Å². The van der Waals surface area contributed by atoms with Crippen LogP contribution in [0.15, 0.2) is 24.5 Å². The number of rotatable bonds is 1. The minimum absolute atomic E-state index is 0.442. The summed E-state index contributed by atoms with van der Waals surface area (Å²) in [4.78, 5) is 14.1. The number of aromatic nitrogens is 1. The second kappa shape index (κ2) is 2.26. The topological polar surface area (TPSA) is 56.0 Å². The molecule has 1 aromatic rings. The minimum atomic E-state index is -0.442. The van der Waals surface area contributed by atoms with Gasteiger partial charge in [-0.15, -0.1) is 0 Å². The number of hydrogen-bond donors (Lipinski definition) is 1. The van der Waals surface area contributed by atoms with E-state index >= 15 is 0 Å². The summed E-state index contributed by atoms with van der Waals surface area (Å²) in [6.07, 6.45) is 3.02. The summed E-state index contributed by atoms with van der Waals surface area (Å²) < 4.78 is 0. The van der Waals surface area contributed by atoms with Gasteiger partial charge in [-0.1, -0.05) is 0 Å². The number of pyridine rings is 1. The van der Waals surface area contributed by atoms with E-state index in [1.54, 1.807) is 18.3 Å². The Morgan fingerprint density at radius 3 is 2.78 bits per heavy atom. The Labute approximate surface area is 52.5 Å². The molecule has 1 heterocycles. The second-order valence-electron chi connectivity index (χ2n) is 1.61. The first-order valence-corrected chi connectivity index (χ1v) is 2.50. The van der Waals surface area contributed by atoms with Crippen molar-refractivity contribution in [1.29, 1.82) is 0 Å². The van der Waals surface area contributed by atoms with Crippen LogP contribution in [0.5, 0.6) is 0 Å². The summed E-state index contributed by atoms with van der Waals surface area (Å²) in [7, 11) is 0. The van der Waals surface area contributed by atoms with Gasteiger partial charge < -0.3 is 5.73 Å². The van der Waals surface area contributed by atoms with Crippen LogP contribution in [-0.4, -0.2) is 10.9 Å². The Morgan fingerprint density at radius 1 is 1.67 bits per heavy atom. The smallest absolute Gasteiger partial charge is 0.250 e. The number of amides is 1. The van der Waals surface area contributed by atoms with Gasteiger partial charge in [-0.3, -0.25) is 9.78 Å². The van der Waals surface area contributed by atoms with Crippen LogP contribution >= 0.6 is 0 Å². The Morgan fingerprint density at radius 2 is 2.44 bits per heavy atom. The van der Waals surface area contributed by atoms with Crippen LogP contribution in [0.4, 0.5) is 0 Å². The molecular weight excluding hydrogens is 117 g/mol. The molecule has 0 aliphatic rings. The molecule has 1 rings (SSSR count). The van der Waals surface area contributed by atoms with Crippen LogP contribution in [0, 0.1) is 0 Å². The van der Waals surface area contributed by atoms with E-state index in [0.717, 1.165) is 0 Å². The van der Waals surface area contributed by atoms with Crippen LogP contribution in [0.3, 0.4) is 0 Å². The summed E-state index contributed by atoms with van der Waals surface area (Å²) in [5, 5.41) is 0. The molecule has 0 atom stereocenters. The molecule has 0 bridgehead atoms. The zero-order valence-electron chi connectivity index (χ0n) is 4.74. The highest BCUT2D eigenvalue weighted by molar-refractivity contribution is 5.92. The van der Waals surface area contributed by atoms with Crippen molar-refractivity contribution in [2.45, 2.75) is 0 Å². The van der Waals surface area contributed by atoms with Crippen LogP contribution in [-0.2, 0) is 0 Å². The van der Waals surface area contributed by atoms with E-state index in [4.69, 9.17) is 5.73 Å². The third-order valence-corrected chi connectivity index (χ3v) is 0.946. The third kappa shape index (κ3) is 1.25. The molecule has 3 nitrogen and oxygen atoms in total. The Bertz CT molecular complexity index is 208. The van der Waals surface area contributed by atoms with Gasteiger partial charge in [0.25, 0.3) is 0 Å². The Balaban J connectivity index is 2.98. The first-order chi connectivity index (χ1) is 4.30. The predicted molar refractivity (Wildman–Crippen MR) is 32.8 cm³/mol. The summed E-state index contributed by atoms with van der Waals surface area (Å²) in [5.74, 6) is -0.442. The molecule has 1 aromatic heterocycles. The zero-order chi connectivity index (χ0) is 6.69. The van der Waals surface area contributed by atoms with Gasteiger partial charge >= 0.3 is 0 Å². The van der Waals surface area contributed by atoms with Crippen molar-refractivity contribution in [2.24, 2.45) is 5.73 Å². The molecule has 0 saturated carbocycles. The summed E-state index contributed by atoms with van der Waals surface area (Å²) in [6.45, 7) is 0. The monoisotopic (exact) mass is 123 g/mol. The van der Waals surface area contributed by atoms with E-state index in [2.05, 4.69) is 4.98 Å². The van der Waals surface area contributed by atoms with Crippen LogP contribution in [0.1, 0.15) is 10.4 Å². The van der Waals surface area contributed by atoms with E-state index < -0.39 is 5.91 Å². The Kier molecular flexibility index (Phi) is 1.44. The van der Waals surface area contributed by atoms with Crippen LogP contribution in [0.25, 0.3) is 0 Å². The van der Waals surface area contributed by atoms with Crippen molar-refractivity contribution >= 4 is 5.91 Å². The first kappa shape index (κ1) is 5.75. The number of carbonyl (C=O) groups excluding carboxylic acids is 1. The van der Waals surface area contributed by atoms with Crippen molar-refractivity contribution in [3.05, 3.63) is 30.1 Å². The first-order valence-electron chi connectivity index (χ1n) is 2.50. The summed E-state index contributed by atoms with van der Waals surface area (Å²) in [6, 6.07) is 3.29. The fourth-order valence-electron chi connectivity index (χ4n) is 0.509. The molecule has 0 unspecified atom stereocenters. The number of primary amides is 1. The maximum absolute atomic E-state index is 10.4. The van der Waals surface area contributed by atoms with Gasteiger partial charge in [-0.05, 0) is 12.1 Å². The molecule has 0 radical (unpaired) electrons. The fraction of sp³-hybridized carbons (Fsp3) is 0. The normalized spacial score (nSPS) is 8.89.